The van der Waals surface area contributed by atoms with Crippen molar-refractivity contribution >= 4 is 11.3 Å². The van der Waals surface area contributed by atoms with E-state index in [1.165, 1.54) is 16.5 Å². The molecule has 0 unspecified atom stereocenters. The smallest absolute Gasteiger partial charge is 0.127 e. The molecule has 0 spiro atoms. The van der Waals surface area contributed by atoms with Gasteiger partial charge < -0.3 is 5.73 Å². The number of hydrogen-bond donors (Lipinski definition) is 1. The molecule has 0 saturated carbocycles. The van der Waals surface area contributed by atoms with Crippen molar-refractivity contribution in [1.82, 2.24) is 0 Å². The second-order valence-electron chi connectivity index (χ2n) is 3.44. The fourth-order valence-electron chi connectivity index (χ4n) is 1.54. The van der Waals surface area contributed by atoms with Crippen LogP contribution in [0.4, 0.5) is 4.39 Å². The molecule has 2 N–H and O–H groups in total. The third kappa shape index (κ3) is 1.94. The molecule has 1 heterocycles. The Labute approximate surface area is 92.4 Å². The summed E-state index contributed by atoms with van der Waals surface area (Å²) in [6.45, 7) is 2.29. The minimum Gasteiger partial charge on any atom is -0.326 e. The Bertz CT molecular complexity index is 476. The van der Waals surface area contributed by atoms with E-state index < -0.39 is 0 Å². The van der Waals surface area contributed by atoms with Crippen LogP contribution in [-0.2, 0) is 6.54 Å². The van der Waals surface area contributed by atoms with E-state index in [4.69, 9.17) is 5.73 Å². The highest BCUT2D eigenvalue weighted by molar-refractivity contribution is 7.13. The van der Waals surface area contributed by atoms with E-state index in [0.717, 1.165) is 5.56 Å². The Morgan fingerprint density at radius 2 is 2.13 bits per heavy atom. The minimum atomic E-state index is -0.226. The maximum atomic E-state index is 13.2. The molecule has 2 rings (SSSR count). The molecule has 78 valence electrons. The van der Waals surface area contributed by atoms with Crippen LogP contribution in [0.3, 0.4) is 0 Å². The van der Waals surface area contributed by atoms with Crippen molar-refractivity contribution < 1.29 is 4.39 Å². The van der Waals surface area contributed by atoms with Gasteiger partial charge in [-0.3, -0.25) is 0 Å². The van der Waals surface area contributed by atoms with Gasteiger partial charge in [0.2, 0.25) is 0 Å². The van der Waals surface area contributed by atoms with Gasteiger partial charge in [0.15, 0.2) is 0 Å². The summed E-state index contributed by atoms with van der Waals surface area (Å²) in [5.41, 5.74) is 8.31. The minimum absolute atomic E-state index is 0.226. The predicted octanol–water partition coefficient (Wildman–Crippen LogP) is 3.32. The van der Waals surface area contributed by atoms with Crippen LogP contribution < -0.4 is 5.73 Å². The Kier molecular flexibility index (Phi) is 2.84. The Morgan fingerprint density at radius 3 is 2.73 bits per heavy atom. The summed E-state index contributed by atoms with van der Waals surface area (Å²) in [6.07, 6.45) is 0. The normalized spacial score (nSPS) is 10.6. The van der Waals surface area contributed by atoms with Gasteiger partial charge in [0.25, 0.3) is 0 Å². The molecule has 1 aromatic heterocycles. The highest BCUT2D eigenvalue weighted by Gasteiger charge is 2.06. The van der Waals surface area contributed by atoms with E-state index in [2.05, 4.69) is 13.0 Å². The lowest BCUT2D eigenvalue weighted by Gasteiger charge is -2.04. The maximum Gasteiger partial charge on any atom is 0.127 e. The van der Waals surface area contributed by atoms with Gasteiger partial charge in [-0.1, -0.05) is 6.07 Å². The molecule has 0 radical (unpaired) electrons. The topological polar surface area (TPSA) is 26.0 Å². The van der Waals surface area contributed by atoms with Gasteiger partial charge in [-0.25, -0.2) is 4.39 Å². The zero-order valence-electron chi connectivity index (χ0n) is 8.46. The third-order valence-electron chi connectivity index (χ3n) is 2.39. The number of aryl methyl sites for hydroxylation is 1. The Morgan fingerprint density at radius 1 is 1.33 bits per heavy atom. The first-order chi connectivity index (χ1) is 7.22. The molecule has 0 aliphatic rings. The van der Waals surface area contributed by atoms with Crippen LogP contribution in [0.5, 0.6) is 0 Å². The highest BCUT2D eigenvalue weighted by Crippen LogP contribution is 2.30. The van der Waals surface area contributed by atoms with Gasteiger partial charge in [0.05, 0.1) is 0 Å². The predicted molar refractivity (Wildman–Crippen MR) is 62.3 cm³/mol. The molecule has 15 heavy (non-hydrogen) atoms. The lowest BCUT2D eigenvalue weighted by molar-refractivity contribution is 0.611. The maximum absolute atomic E-state index is 13.2. The van der Waals surface area contributed by atoms with Crippen LogP contribution in [0.1, 0.15) is 11.1 Å². The summed E-state index contributed by atoms with van der Waals surface area (Å²) < 4.78 is 13.2. The summed E-state index contributed by atoms with van der Waals surface area (Å²) in [5.74, 6) is -0.226. The van der Waals surface area contributed by atoms with Crippen LogP contribution in [0.2, 0.25) is 0 Å². The quantitative estimate of drug-likeness (QED) is 0.827. The molecule has 0 saturated heterocycles. The van der Waals surface area contributed by atoms with Gasteiger partial charge in [-0.2, -0.15) is 0 Å². The highest BCUT2D eigenvalue weighted by atomic mass is 32.1. The van der Waals surface area contributed by atoms with Crippen LogP contribution >= 0.6 is 11.3 Å². The lowest BCUT2D eigenvalue weighted by Crippen LogP contribution is -1.99. The molecule has 1 nitrogen and oxygen atoms in total. The molecule has 0 aliphatic heterocycles. The van der Waals surface area contributed by atoms with Gasteiger partial charge in [0.1, 0.15) is 5.82 Å². The van der Waals surface area contributed by atoms with E-state index in [1.807, 2.05) is 11.4 Å². The summed E-state index contributed by atoms with van der Waals surface area (Å²) in [6, 6.07) is 7.17. The first-order valence-corrected chi connectivity index (χ1v) is 5.63. The van der Waals surface area contributed by atoms with E-state index in [-0.39, 0.29) is 12.4 Å². The Hall–Kier alpha value is -1.19. The zero-order valence-corrected chi connectivity index (χ0v) is 9.27. The van der Waals surface area contributed by atoms with E-state index >= 15 is 0 Å². The molecule has 0 aliphatic carbocycles. The summed E-state index contributed by atoms with van der Waals surface area (Å²) in [4.78, 5) is 1.18. The molecule has 0 fully saturated rings. The molecular formula is C12H12FNS. The number of halogens is 1. The average Bonchev–Trinajstić information content (AvgIpc) is 2.65. The molecule has 0 bridgehead atoms. The van der Waals surface area contributed by atoms with Gasteiger partial charge in [-0.15, -0.1) is 11.3 Å². The first kappa shape index (κ1) is 10.3. The van der Waals surface area contributed by atoms with Crippen LogP contribution in [-0.4, -0.2) is 0 Å². The largest absolute Gasteiger partial charge is 0.326 e. The monoisotopic (exact) mass is 221 g/mol. The number of hydrogen-bond acceptors (Lipinski definition) is 2. The second-order valence-corrected chi connectivity index (χ2v) is 4.36. The van der Waals surface area contributed by atoms with Crippen molar-refractivity contribution in [3.05, 3.63) is 46.6 Å². The number of nitrogens with two attached hydrogens (primary N) is 1. The van der Waals surface area contributed by atoms with Crippen molar-refractivity contribution in [2.45, 2.75) is 13.5 Å². The zero-order chi connectivity index (χ0) is 10.8. The molecular weight excluding hydrogens is 209 g/mol. The van der Waals surface area contributed by atoms with E-state index in [0.29, 0.717) is 5.56 Å². The summed E-state index contributed by atoms with van der Waals surface area (Å²) >= 11 is 1.66. The summed E-state index contributed by atoms with van der Waals surface area (Å²) in [5, 5.41) is 2.04. The summed E-state index contributed by atoms with van der Waals surface area (Å²) in [7, 11) is 0. The van der Waals surface area contributed by atoms with Gasteiger partial charge >= 0.3 is 0 Å². The molecule has 1 aromatic carbocycles. The molecule has 0 amide bonds. The standard InChI is InChI=1S/C12H12FNS/c1-8-4-5-15-12(8)9-2-3-11(13)10(6-9)7-14/h2-6H,7,14H2,1H3. The van der Waals surface area contributed by atoms with Gasteiger partial charge in [-0.05, 0) is 41.6 Å². The Balaban J connectivity index is 2.51. The molecule has 3 heteroatoms. The van der Waals surface area contributed by atoms with Crippen molar-refractivity contribution in [2.24, 2.45) is 5.73 Å². The molecule has 2 aromatic rings. The van der Waals surface area contributed by atoms with E-state index in [9.17, 15) is 4.39 Å². The molecule has 0 atom stereocenters. The fraction of sp³-hybridized carbons (Fsp3) is 0.167. The first-order valence-electron chi connectivity index (χ1n) is 4.75. The van der Waals surface area contributed by atoms with Crippen LogP contribution in [0.15, 0.2) is 29.6 Å². The third-order valence-corrected chi connectivity index (χ3v) is 3.46. The lowest BCUT2D eigenvalue weighted by atomic mass is 10.1. The van der Waals surface area contributed by atoms with Crippen molar-refractivity contribution in [2.75, 3.05) is 0 Å². The second kappa shape index (κ2) is 4.13. The number of benzene rings is 1. The van der Waals surface area contributed by atoms with Gasteiger partial charge in [0, 0.05) is 17.0 Å². The fourth-order valence-corrected chi connectivity index (χ4v) is 2.47. The SMILES string of the molecule is Cc1ccsc1-c1ccc(F)c(CN)c1. The average molecular weight is 221 g/mol. The van der Waals surface area contributed by atoms with Crippen molar-refractivity contribution in [3.63, 3.8) is 0 Å². The number of rotatable bonds is 2. The van der Waals surface area contributed by atoms with Crippen molar-refractivity contribution in [1.29, 1.82) is 0 Å². The van der Waals surface area contributed by atoms with Crippen LogP contribution in [0, 0.1) is 12.7 Å². The van der Waals surface area contributed by atoms with Crippen molar-refractivity contribution in [3.8, 4) is 10.4 Å². The van der Waals surface area contributed by atoms with E-state index in [1.54, 1.807) is 17.4 Å². The van der Waals surface area contributed by atoms with Crippen LogP contribution in [0.25, 0.3) is 10.4 Å². The number of thiophene rings is 1.